The van der Waals surface area contributed by atoms with Crippen LogP contribution in [-0.4, -0.2) is 20.9 Å². The van der Waals surface area contributed by atoms with E-state index in [-0.39, 0.29) is 5.50 Å². The zero-order valence-electron chi connectivity index (χ0n) is 5.88. The average molecular weight is 150 g/mol. The Labute approximate surface area is 55.1 Å². The SMILES string of the molecule is C=C(OC)P(C)(=O)OC. The van der Waals surface area contributed by atoms with Crippen molar-refractivity contribution in [1.29, 1.82) is 0 Å². The molecule has 0 bridgehead atoms. The molecule has 0 heterocycles. The van der Waals surface area contributed by atoms with Gasteiger partial charge in [-0.25, -0.2) is 0 Å². The Morgan fingerprint density at radius 2 is 2.00 bits per heavy atom. The van der Waals surface area contributed by atoms with Crippen molar-refractivity contribution in [2.75, 3.05) is 20.9 Å². The topological polar surface area (TPSA) is 35.5 Å². The molecule has 0 aromatic heterocycles. The molecule has 0 aromatic rings. The predicted molar refractivity (Wildman–Crippen MR) is 36.7 cm³/mol. The lowest BCUT2D eigenvalue weighted by molar-refractivity contribution is 0.297. The fourth-order valence-corrected chi connectivity index (χ4v) is 0.803. The van der Waals surface area contributed by atoms with Crippen LogP contribution in [0.2, 0.25) is 0 Å². The smallest absolute Gasteiger partial charge is 0.261 e. The molecule has 0 aromatic carbocycles. The van der Waals surface area contributed by atoms with Crippen molar-refractivity contribution in [3.8, 4) is 0 Å². The summed E-state index contributed by atoms with van der Waals surface area (Å²) in [5, 5.41) is 0. The summed E-state index contributed by atoms with van der Waals surface area (Å²) in [4.78, 5) is 0. The maximum atomic E-state index is 11.1. The Balaban J connectivity index is 4.16. The first-order chi connectivity index (χ1) is 4.04. The first-order valence-electron chi connectivity index (χ1n) is 2.41. The molecule has 3 nitrogen and oxygen atoms in total. The Morgan fingerprint density at radius 1 is 1.56 bits per heavy atom. The molecule has 0 rings (SSSR count). The van der Waals surface area contributed by atoms with E-state index in [1.807, 2.05) is 0 Å². The summed E-state index contributed by atoms with van der Waals surface area (Å²) in [7, 11) is 0.0991. The Hall–Kier alpha value is -0.270. The van der Waals surface area contributed by atoms with Crippen LogP contribution >= 0.6 is 7.37 Å². The van der Waals surface area contributed by atoms with Crippen LogP contribution in [0.1, 0.15) is 0 Å². The van der Waals surface area contributed by atoms with E-state index in [9.17, 15) is 4.57 Å². The van der Waals surface area contributed by atoms with Crippen LogP contribution in [0.15, 0.2) is 12.1 Å². The predicted octanol–water partition coefficient (Wildman–Crippen LogP) is 1.66. The second-order valence-corrected chi connectivity index (χ2v) is 4.18. The van der Waals surface area contributed by atoms with Gasteiger partial charge in [-0.2, -0.15) is 0 Å². The van der Waals surface area contributed by atoms with Crippen LogP contribution in [0.3, 0.4) is 0 Å². The Morgan fingerprint density at radius 3 is 2.11 bits per heavy atom. The van der Waals surface area contributed by atoms with Gasteiger partial charge in [0.1, 0.15) is 0 Å². The van der Waals surface area contributed by atoms with Gasteiger partial charge < -0.3 is 9.26 Å². The monoisotopic (exact) mass is 150 g/mol. The first-order valence-corrected chi connectivity index (χ1v) is 4.48. The standard InChI is InChI=1S/C5H11O3P/c1-5(7-2)9(4,6)8-3/h1H2,2-4H3. The molecule has 4 heteroatoms. The molecule has 1 atom stereocenters. The minimum atomic E-state index is -2.68. The van der Waals surface area contributed by atoms with Gasteiger partial charge in [-0.15, -0.1) is 0 Å². The van der Waals surface area contributed by atoms with Gasteiger partial charge in [-0.1, -0.05) is 6.58 Å². The molecule has 9 heavy (non-hydrogen) atoms. The molecule has 0 aliphatic heterocycles. The third-order valence-electron chi connectivity index (χ3n) is 1.04. The number of ether oxygens (including phenoxy) is 1. The lowest BCUT2D eigenvalue weighted by Crippen LogP contribution is -1.88. The molecular weight excluding hydrogens is 139 g/mol. The Bertz CT molecular complexity index is 152. The molecule has 0 aliphatic carbocycles. The van der Waals surface area contributed by atoms with Crippen LogP contribution in [0, 0.1) is 0 Å². The second kappa shape index (κ2) is 3.04. The molecule has 0 saturated carbocycles. The molecule has 0 saturated heterocycles. The molecule has 0 aliphatic rings. The van der Waals surface area contributed by atoms with Crippen molar-refractivity contribution in [3.63, 3.8) is 0 Å². The van der Waals surface area contributed by atoms with Crippen molar-refractivity contribution in [1.82, 2.24) is 0 Å². The molecule has 0 radical (unpaired) electrons. The third-order valence-corrected chi connectivity index (χ3v) is 2.82. The van der Waals surface area contributed by atoms with Gasteiger partial charge in [0, 0.05) is 13.8 Å². The van der Waals surface area contributed by atoms with Crippen LogP contribution in [-0.2, 0) is 13.8 Å². The summed E-state index contributed by atoms with van der Waals surface area (Å²) in [5.74, 6) is 0. The van der Waals surface area contributed by atoms with E-state index in [2.05, 4.69) is 15.8 Å². The van der Waals surface area contributed by atoms with E-state index in [4.69, 9.17) is 0 Å². The highest BCUT2D eigenvalue weighted by Crippen LogP contribution is 2.49. The molecule has 0 N–H and O–H groups in total. The summed E-state index contributed by atoms with van der Waals surface area (Å²) in [6.07, 6.45) is 0. The lowest BCUT2D eigenvalue weighted by Gasteiger charge is -2.10. The summed E-state index contributed by atoms with van der Waals surface area (Å²) in [5.41, 5.74) is 0.199. The van der Waals surface area contributed by atoms with Crippen LogP contribution < -0.4 is 0 Å². The van der Waals surface area contributed by atoms with Crippen molar-refractivity contribution < 1.29 is 13.8 Å². The average Bonchev–Trinajstić information content (AvgIpc) is 1.86. The van der Waals surface area contributed by atoms with Gasteiger partial charge in [0.15, 0.2) is 5.50 Å². The fraction of sp³-hybridized carbons (Fsp3) is 0.600. The molecule has 0 amide bonds. The summed E-state index contributed by atoms with van der Waals surface area (Å²) < 4.78 is 20.3. The number of hydrogen-bond donors (Lipinski definition) is 0. The summed E-state index contributed by atoms with van der Waals surface area (Å²) in [6, 6.07) is 0. The highest BCUT2D eigenvalue weighted by Gasteiger charge is 2.18. The minimum Gasteiger partial charge on any atom is -0.491 e. The van der Waals surface area contributed by atoms with Crippen molar-refractivity contribution >= 4 is 7.37 Å². The van der Waals surface area contributed by atoms with Gasteiger partial charge in [-0.05, 0) is 0 Å². The van der Waals surface area contributed by atoms with Crippen molar-refractivity contribution in [3.05, 3.63) is 12.1 Å². The zero-order chi connectivity index (χ0) is 7.49. The third kappa shape index (κ3) is 2.20. The van der Waals surface area contributed by atoms with Gasteiger partial charge in [0.05, 0.1) is 7.11 Å². The molecule has 1 unspecified atom stereocenters. The van der Waals surface area contributed by atoms with E-state index >= 15 is 0 Å². The van der Waals surface area contributed by atoms with Crippen molar-refractivity contribution in [2.45, 2.75) is 0 Å². The number of hydrogen-bond acceptors (Lipinski definition) is 3. The molecule has 54 valence electrons. The largest absolute Gasteiger partial charge is 0.491 e. The van der Waals surface area contributed by atoms with Crippen LogP contribution in [0.4, 0.5) is 0 Å². The van der Waals surface area contributed by atoms with E-state index < -0.39 is 7.37 Å². The molecular formula is C5H11O3P. The van der Waals surface area contributed by atoms with Gasteiger partial charge in [-0.3, -0.25) is 4.57 Å². The number of methoxy groups -OCH3 is 1. The normalized spacial score (nSPS) is 16.3. The zero-order valence-corrected chi connectivity index (χ0v) is 6.77. The minimum absolute atomic E-state index is 0.199. The number of rotatable bonds is 3. The van der Waals surface area contributed by atoms with Crippen molar-refractivity contribution in [2.24, 2.45) is 0 Å². The van der Waals surface area contributed by atoms with E-state index in [0.717, 1.165) is 0 Å². The van der Waals surface area contributed by atoms with Crippen LogP contribution in [0.5, 0.6) is 0 Å². The van der Waals surface area contributed by atoms with Crippen LogP contribution in [0.25, 0.3) is 0 Å². The highest BCUT2D eigenvalue weighted by molar-refractivity contribution is 7.62. The first kappa shape index (κ1) is 8.73. The summed E-state index contributed by atoms with van der Waals surface area (Å²) in [6.45, 7) is 4.86. The lowest BCUT2D eigenvalue weighted by atomic mass is 11.1. The van der Waals surface area contributed by atoms with E-state index in [1.54, 1.807) is 0 Å². The highest BCUT2D eigenvalue weighted by atomic mass is 31.2. The van der Waals surface area contributed by atoms with E-state index in [0.29, 0.717) is 0 Å². The Kier molecular flexibility index (Phi) is 2.95. The summed E-state index contributed by atoms with van der Waals surface area (Å²) >= 11 is 0. The molecule has 0 fully saturated rings. The fourth-order valence-electron chi connectivity index (χ4n) is 0.268. The van der Waals surface area contributed by atoms with Gasteiger partial charge in [0.25, 0.3) is 7.37 Å². The van der Waals surface area contributed by atoms with E-state index in [1.165, 1.54) is 20.9 Å². The maximum Gasteiger partial charge on any atom is 0.261 e. The van der Waals surface area contributed by atoms with Gasteiger partial charge >= 0.3 is 0 Å². The molecule has 0 spiro atoms. The quantitative estimate of drug-likeness (QED) is 0.453. The van der Waals surface area contributed by atoms with Gasteiger partial charge in [0.2, 0.25) is 0 Å². The second-order valence-electron chi connectivity index (χ2n) is 1.63. The maximum absolute atomic E-state index is 11.1.